The fourth-order valence-electron chi connectivity index (χ4n) is 3.28. The smallest absolute Gasteiger partial charge is 0.414 e. The summed E-state index contributed by atoms with van der Waals surface area (Å²) in [6, 6.07) is 24.8. The average molecular weight is 402 g/mol. The van der Waals surface area contributed by atoms with E-state index in [0.717, 1.165) is 11.1 Å². The highest BCUT2D eigenvalue weighted by Gasteiger charge is 2.26. The van der Waals surface area contributed by atoms with Crippen molar-refractivity contribution in [1.82, 2.24) is 0 Å². The number of nitrogens with zero attached hydrogens (tertiary/aromatic N) is 1. The Morgan fingerprint density at radius 1 is 0.967 bits per heavy atom. The van der Waals surface area contributed by atoms with Crippen LogP contribution < -0.4 is 15.0 Å². The molecule has 1 heterocycles. The minimum Gasteiger partial charge on any atom is -0.481 e. The Morgan fingerprint density at radius 2 is 1.63 bits per heavy atom. The van der Waals surface area contributed by atoms with Gasteiger partial charge in [0, 0.05) is 0 Å². The minimum atomic E-state index is -0.717. The third-order valence-corrected chi connectivity index (χ3v) is 4.86. The van der Waals surface area contributed by atoms with Crippen LogP contribution >= 0.6 is 0 Å². The number of para-hydroxylation sites is 2. The number of amides is 2. The quantitative estimate of drug-likeness (QED) is 0.648. The number of carbonyl (C=O) groups excluding carboxylic acids is 2. The molecule has 6 heteroatoms. The first kappa shape index (κ1) is 19.5. The summed E-state index contributed by atoms with van der Waals surface area (Å²) in [6.45, 7) is 2.47. The lowest BCUT2D eigenvalue weighted by atomic mass is 10.1. The topological polar surface area (TPSA) is 67.9 Å². The van der Waals surface area contributed by atoms with Gasteiger partial charge in [0.1, 0.15) is 12.4 Å². The second-order valence-electron chi connectivity index (χ2n) is 6.92. The molecular formula is C24H22N2O4. The highest BCUT2D eigenvalue weighted by molar-refractivity contribution is 6.01. The number of anilines is 2. The molecular weight excluding hydrogens is 380 g/mol. The Bertz CT molecular complexity index is 1030. The molecule has 6 nitrogen and oxygen atoms in total. The first-order valence-electron chi connectivity index (χ1n) is 9.78. The van der Waals surface area contributed by atoms with Gasteiger partial charge in [-0.1, -0.05) is 54.6 Å². The van der Waals surface area contributed by atoms with Crippen LogP contribution in [-0.4, -0.2) is 31.3 Å². The Hall–Kier alpha value is -3.80. The van der Waals surface area contributed by atoms with Crippen molar-refractivity contribution in [2.24, 2.45) is 0 Å². The molecule has 0 bridgehead atoms. The summed E-state index contributed by atoms with van der Waals surface area (Å²) in [7, 11) is 0. The number of carbonyl (C=O) groups is 2. The van der Waals surface area contributed by atoms with E-state index in [1.165, 1.54) is 4.90 Å². The van der Waals surface area contributed by atoms with Crippen molar-refractivity contribution in [1.29, 1.82) is 0 Å². The van der Waals surface area contributed by atoms with Crippen LogP contribution in [0.4, 0.5) is 16.2 Å². The van der Waals surface area contributed by atoms with Crippen LogP contribution in [-0.2, 0) is 9.53 Å². The maximum absolute atomic E-state index is 12.7. The normalized spacial score (nSPS) is 14.2. The highest BCUT2D eigenvalue weighted by Crippen LogP contribution is 2.28. The van der Waals surface area contributed by atoms with Crippen LogP contribution in [0.1, 0.15) is 6.92 Å². The maximum atomic E-state index is 12.7. The van der Waals surface area contributed by atoms with Crippen LogP contribution in [0, 0.1) is 0 Å². The summed E-state index contributed by atoms with van der Waals surface area (Å²) in [4.78, 5) is 26.1. The molecule has 0 radical (unpaired) electrons. The number of nitrogens with one attached hydrogen (secondary N) is 1. The molecule has 1 atom stereocenters. The summed E-state index contributed by atoms with van der Waals surface area (Å²) in [5.41, 5.74) is 3.34. The van der Waals surface area contributed by atoms with Gasteiger partial charge in [-0.3, -0.25) is 9.69 Å². The Labute approximate surface area is 175 Å². The van der Waals surface area contributed by atoms with Gasteiger partial charge in [0.2, 0.25) is 0 Å². The van der Waals surface area contributed by atoms with Gasteiger partial charge in [0.05, 0.1) is 17.9 Å². The zero-order valence-corrected chi connectivity index (χ0v) is 16.6. The van der Waals surface area contributed by atoms with Crippen molar-refractivity contribution in [3.63, 3.8) is 0 Å². The van der Waals surface area contributed by atoms with Crippen LogP contribution in [0.3, 0.4) is 0 Å². The van der Waals surface area contributed by atoms with Crippen molar-refractivity contribution in [2.45, 2.75) is 13.0 Å². The monoisotopic (exact) mass is 402 g/mol. The van der Waals surface area contributed by atoms with E-state index in [9.17, 15) is 9.59 Å². The predicted molar refractivity (Wildman–Crippen MR) is 116 cm³/mol. The second kappa shape index (κ2) is 8.69. The van der Waals surface area contributed by atoms with Crippen LogP contribution in [0.2, 0.25) is 0 Å². The van der Waals surface area contributed by atoms with Gasteiger partial charge in [0.15, 0.2) is 6.10 Å². The summed E-state index contributed by atoms with van der Waals surface area (Å²) in [6.07, 6.45) is -1.13. The van der Waals surface area contributed by atoms with E-state index in [1.54, 1.807) is 25.1 Å². The third kappa shape index (κ3) is 4.27. The van der Waals surface area contributed by atoms with E-state index in [1.807, 2.05) is 60.7 Å². The van der Waals surface area contributed by atoms with Crippen LogP contribution in [0.25, 0.3) is 11.1 Å². The number of ether oxygens (including phenoxy) is 2. The minimum absolute atomic E-state index is 0.304. The molecule has 4 rings (SSSR count). The molecule has 1 fully saturated rings. The molecule has 3 aromatic rings. The van der Waals surface area contributed by atoms with Crippen LogP contribution in [0.5, 0.6) is 5.75 Å². The third-order valence-electron chi connectivity index (χ3n) is 4.86. The molecule has 1 unspecified atom stereocenters. The van der Waals surface area contributed by atoms with E-state index in [4.69, 9.17) is 9.47 Å². The molecule has 0 aliphatic carbocycles. The maximum Gasteiger partial charge on any atom is 0.414 e. The number of cyclic esters (lactones) is 1. The van der Waals surface area contributed by atoms with E-state index in [-0.39, 0.29) is 5.91 Å². The lowest BCUT2D eigenvalue weighted by molar-refractivity contribution is -0.122. The molecule has 30 heavy (non-hydrogen) atoms. The molecule has 1 N–H and O–H groups in total. The fraction of sp³-hybridized carbons (Fsp3) is 0.167. The average Bonchev–Trinajstić information content (AvgIpc) is 3.21. The molecule has 3 aromatic carbocycles. The van der Waals surface area contributed by atoms with E-state index >= 15 is 0 Å². The van der Waals surface area contributed by atoms with Gasteiger partial charge in [-0.2, -0.15) is 0 Å². The SMILES string of the molecule is CC(Oc1ccc(-c2ccccc2)cc1)C(=O)Nc1ccccc1N1CCOC1=O. The number of rotatable bonds is 6. The molecule has 0 aromatic heterocycles. The van der Waals surface area contributed by atoms with E-state index < -0.39 is 12.2 Å². The van der Waals surface area contributed by atoms with Gasteiger partial charge >= 0.3 is 6.09 Å². The fourth-order valence-corrected chi connectivity index (χ4v) is 3.28. The first-order valence-corrected chi connectivity index (χ1v) is 9.78. The molecule has 2 amide bonds. The largest absolute Gasteiger partial charge is 0.481 e. The van der Waals surface area contributed by atoms with Crippen molar-refractivity contribution in [3.05, 3.63) is 78.9 Å². The predicted octanol–water partition coefficient (Wildman–Crippen LogP) is 4.72. The summed E-state index contributed by atoms with van der Waals surface area (Å²) in [5, 5.41) is 2.85. The van der Waals surface area contributed by atoms with Gasteiger partial charge in [0.25, 0.3) is 5.91 Å². The van der Waals surface area contributed by atoms with Gasteiger partial charge in [-0.05, 0) is 42.3 Å². The zero-order valence-electron chi connectivity index (χ0n) is 16.6. The molecule has 1 saturated heterocycles. The molecule has 0 saturated carbocycles. The van der Waals surface area contributed by atoms with Gasteiger partial charge < -0.3 is 14.8 Å². The standard InChI is InChI=1S/C24H22N2O4/c1-17(30-20-13-11-19(12-14-20)18-7-3-2-4-8-18)23(27)25-21-9-5-6-10-22(21)26-15-16-29-24(26)28/h2-14,17H,15-16H2,1H3,(H,25,27). The summed E-state index contributed by atoms with van der Waals surface area (Å²) >= 11 is 0. The van der Waals surface area contributed by atoms with Crippen molar-refractivity contribution in [3.8, 4) is 16.9 Å². The van der Waals surface area contributed by atoms with Crippen molar-refractivity contribution >= 4 is 23.4 Å². The number of hydrogen-bond donors (Lipinski definition) is 1. The van der Waals surface area contributed by atoms with Gasteiger partial charge in [-0.25, -0.2) is 4.79 Å². The van der Waals surface area contributed by atoms with E-state index in [0.29, 0.717) is 30.3 Å². The van der Waals surface area contributed by atoms with Crippen molar-refractivity contribution in [2.75, 3.05) is 23.4 Å². The lowest BCUT2D eigenvalue weighted by Crippen LogP contribution is -2.31. The first-order chi connectivity index (χ1) is 14.6. The Kier molecular flexibility index (Phi) is 5.66. The summed E-state index contributed by atoms with van der Waals surface area (Å²) < 4.78 is 10.8. The van der Waals surface area contributed by atoms with E-state index in [2.05, 4.69) is 5.32 Å². The molecule has 1 aliphatic rings. The van der Waals surface area contributed by atoms with Crippen molar-refractivity contribution < 1.29 is 19.1 Å². The van der Waals surface area contributed by atoms with Crippen LogP contribution in [0.15, 0.2) is 78.9 Å². The molecule has 152 valence electrons. The molecule has 0 spiro atoms. The number of hydrogen-bond acceptors (Lipinski definition) is 4. The van der Waals surface area contributed by atoms with Gasteiger partial charge in [-0.15, -0.1) is 0 Å². The summed E-state index contributed by atoms with van der Waals surface area (Å²) in [5.74, 6) is 0.302. The Morgan fingerprint density at radius 3 is 2.33 bits per heavy atom. The highest BCUT2D eigenvalue weighted by atomic mass is 16.6. The lowest BCUT2D eigenvalue weighted by Gasteiger charge is -2.20. The zero-order chi connectivity index (χ0) is 20.9. The Balaban J connectivity index is 1.42. The molecule has 1 aliphatic heterocycles. The number of benzene rings is 3. The second-order valence-corrected chi connectivity index (χ2v) is 6.92.